The number of ether oxygens (including phenoxy) is 1. The first-order chi connectivity index (χ1) is 10.9. The van der Waals surface area contributed by atoms with Crippen LogP contribution >= 0.6 is 11.3 Å². The number of nitrogens with zero attached hydrogens (tertiary/aromatic N) is 1. The van der Waals surface area contributed by atoms with Crippen molar-refractivity contribution in [1.82, 2.24) is 10.3 Å². The standard InChI is InChI=1S/C18H22N2O2S/c1-12(2)22-17-7-5-6-15(10-17)13(3)19-18(21)9-8-16-11-23-14(4)20-16/h5-13H,1-4H3,(H,19,21)/b9-8+. The SMILES string of the molecule is Cc1nc(/C=C/C(=O)NC(C)c2cccc(OC(C)C)c2)cs1. The van der Waals surface area contributed by atoms with Gasteiger partial charge in [0.05, 0.1) is 22.8 Å². The first-order valence-corrected chi connectivity index (χ1v) is 8.49. The van der Waals surface area contributed by atoms with Crippen molar-refractivity contribution in [2.24, 2.45) is 0 Å². The first-order valence-electron chi connectivity index (χ1n) is 7.61. The normalized spacial score (nSPS) is 12.6. The van der Waals surface area contributed by atoms with E-state index in [0.717, 1.165) is 22.0 Å². The Morgan fingerprint density at radius 3 is 2.78 bits per heavy atom. The molecule has 5 heteroatoms. The molecule has 2 aromatic rings. The van der Waals surface area contributed by atoms with Crippen molar-refractivity contribution in [3.8, 4) is 5.75 Å². The number of nitrogens with one attached hydrogen (secondary N) is 1. The summed E-state index contributed by atoms with van der Waals surface area (Å²) in [5.74, 6) is 0.672. The van der Waals surface area contributed by atoms with Crippen molar-refractivity contribution >= 4 is 23.3 Å². The lowest BCUT2D eigenvalue weighted by Gasteiger charge is -2.15. The van der Waals surface area contributed by atoms with Gasteiger partial charge in [0.1, 0.15) is 5.75 Å². The summed E-state index contributed by atoms with van der Waals surface area (Å²) in [6, 6.07) is 7.69. The van der Waals surface area contributed by atoms with Crippen LogP contribution in [0, 0.1) is 6.92 Å². The van der Waals surface area contributed by atoms with Crippen molar-refractivity contribution in [3.05, 3.63) is 52.0 Å². The van der Waals surface area contributed by atoms with Gasteiger partial charge in [-0.1, -0.05) is 12.1 Å². The van der Waals surface area contributed by atoms with Gasteiger partial charge in [-0.25, -0.2) is 4.98 Å². The number of aromatic nitrogens is 1. The molecule has 0 aliphatic carbocycles. The fraction of sp³-hybridized carbons (Fsp3) is 0.333. The Kier molecular flexibility index (Phi) is 5.93. The average molecular weight is 330 g/mol. The Morgan fingerprint density at radius 2 is 2.13 bits per heavy atom. The van der Waals surface area contributed by atoms with E-state index in [1.807, 2.05) is 57.3 Å². The smallest absolute Gasteiger partial charge is 0.244 e. The number of carbonyl (C=O) groups is 1. The van der Waals surface area contributed by atoms with E-state index in [1.54, 1.807) is 17.4 Å². The van der Waals surface area contributed by atoms with Gasteiger partial charge in [0.15, 0.2) is 0 Å². The minimum Gasteiger partial charge on any atom is -0.491 e. The van der Waals surface area contributed by atoms with Crippen LogP contribution in [0.5, 0.6) is 5.75 Å². The highest BCUT2D eigenvalue weighted by Crippen LogP contribution is 2.20. The summed E-state index contributed by atoms with van der Waals surface area (Å²) in [7, 11) is 0. The zero-order chi connectivity index (χ0) is 16.8. The molecule has 0 radical (unpaired) electrons. The highest BCUT2D eigenvalue weighted by Gasteiger charge is 2.09. The summed E-state index contributed by atoms with van der Waals surface area (Å²) in [4.78, 5) is 16.3. The van der Waals surface area contributed by atoms with Gasteiger partial charge in [-0.15, -0.1) is 11.3 Å². The molecule has 1 atom stereocenters. The number of carbonyl (C=O) groups excluding carboxylic acids is 1. The lowest BCUT2D eigenvalue weighted by Crippen LogP contribution is -2.24. The molecular formula is C18H22N2O2S. The summed E-state index contributed by atoms with van der Waals surface area (Å²) < 4.78 is 5.68. The largest absolute Gasteiger partial charge is 0.491 e. The van der Waals surface area contributed by atoms with Crippen LogP contribution in [0.25, 0.3) is 6.08 Å². The molecule has 0 fully saturated rings. The van der Waals surface area contributed by atoms with Gasteiger partial charge in [-0.05, 0) is 51.5 Å². The molecule has 0 spiro atoms. The maximum Gasteiger partial charge on any atom is 0.244 e. The Bertz CT molecular complexity index is 692. The quantitative estimate of drug-likeness (QED) is 0.810. The summed E-state index contributed by atoms with van der Waals surface area (Å²) in [5.41, 5.74) is 1.82. The number of benzene rings is 1. The summed E-state index contributed by atoms with van der Waals surface area (Å²) in [5, 5.41) is 5.86. The van der Waals surface area contributed by atoms with Crippen LogP contribution in [0.4, 0.5) is 0 Å². The summed E-state index contributed by atoms with van der Waals surface area (Å²) in [6.07, 6.45) is 3.36. The van der Waals surface area contributed by atoms with Gasteiger partial charge in [-0.2, -0.15) is 0 Å². The molecule has 0 aliphatic heterocycles. The fourth-order valence-electron chi connectivity index (χ4n) is 2.09. The van der Waals surface area contributed by atoms with Gasteiger partial charge >= 0.3 is 0 Å². The lowest BCUT2D eigenvalue weighted by molar-refractivity contribution is -0.117. The minimum atomic E-state index is -0.140. The van der Waals surface area contributed by atoms with Gasteiger partial charge in [0, 0.05) is 11.5 Å². The Morgan fingerprint density at radius 1 is 1.35 bits per heavy atom. The number of amides is 1. The van der Waals surface area contributed by atoms with E-state index in [0.29, 0.717) is 0 Å². The van der Waals surface area contributed by atoms with E-state index in [1.165, 1.54) is 6.08 Å². The monoisotopic (exact) mass is 330 g/mol. The van der Waals surface area contributed by atoms with E-state index in [4.69, 9.17) is 4.74 Å². The summed E-state index contributed by atoms with van der Waals surface area (Å²) >= 11 is 1.57. The topological polar surface area (TPSA) is 51.2 Å². The van der Waals surface area contributed by atoms with Gasteiger partial charge in [0.25, 0.3) is 0 Å². The van der Waals surface area contributed by atoms with E-state index < -0.39 is 0 Å². The number of hydrogen-bond acceptors (Lipinski definition) is 4. The highest BCUT2D eigenvalue weighted by atomic mass is 32.1. The number of rotatable bonds is 6. The fourth-order valence-corrected chi connectivity index (χ4v) is 2.67. The lowest BCUT2D eigenvalue weighted by atomic mass is 10.1. The third-order valence-electron chi connectivity index (χ3n) is 3.13. The van der Waals surface area contributed by atoms with Crippen LogP contribution in [0.3, 0.4) is 0 Å². The first kappa shape index (κ1) is 17.2. The molecule has 0 bridgehead atoms. The number of thiazole rings is 1. The average Bonchev–Trinajstić information content (AvgIpc) is 2.90. The van der Waals surface area contributed by atoms with Crippen LogP contribution in [0.15, 0.2) is 35.7 Å². The Hall–Kier alpha value is -2.14. The Balaban J connectivity index is 1.96. The maximum atomic E-state index is 12.0. The van der Waals surface area contributed by atoms with Crippen molar-refractivity contribution in [3.63, 3.8) is 0 Å². The van der Waals surface area contributed by atoms with Crippen LogP contribution < -0.4 is 10.1 Å². The maximum absolute atomic E-state index is 12.0. The van der Waals surface area contributed by atoms with Crippen LogP contribution in [-0.2, 0) is 4.79 Å². The predicted molar refractivity (Wildman–Crippen MR) is 94.6 cm³/mol. The molecule has 1 aromatic carbocycles. The Labute approximate surface area is 141 Å². The molecule has 0 aliphatic rings. The molecule has 23 heavy (non-hydrogen) atoms. The van der Waals surface area contributed by atoms with Crippen molar-refractivity contribution in [2.75, 3.05) is 0 Å². The second-order valence-electron chi connectivity index (χ2n) is 5.59. The molecule has 1 heterocycles. The van der Waals surface area contributed by atoms with E-state index in [9.17, 15) is 4.79 Å². The molecule has 2 rings (SSSR count). The van der Waals surface area contributed by atoms with Gasteiger partial charge < -0.3 is 10.1 Å². The van der Waals surface area contributed by atoms with Crippen molar-refractivity contribution < 1.29 is 9.53 Å². The van der Waals surface area contributed by atoms with E-state index in [-0.39, 0.29) is 18.1 Å². The zero-order valence-corrected chi connectivity index (χ0v) is 14.7. The third kappa shape index (κ3) is 5.53. The molecule has 122 valence electrons. The van der Waals surface area contributed by atoms with Crippen LogP contribution in [0.1, 0.15) is 43.1 Å². The third-order valence-corrected chi connectivity index (χ3v) is 3.92. The van der Waals surface area contributed by atoms with E-state index >= 15 is 0 Å². The van der Waals surface area contributed by atoms with Crippen LogP contribution in [-0.4, -0.2) is 17.0 Å². The molecule has 0 saturated heterocycles. The molecule has 1 amide bonds. The molecule has 1 N–H and O–H groups in total. The predicted octanol–water partition coefficient (Wildman–Crippen LogP) is 4.13. The molecule has 1 aromatic heterocycles. The second kappa shape index (κ2) is 7.92. The van der Waals surface area contributed by atoms with Crippen LogP contribution in [0.2, 0.25) is 0 Å². The zero-order valence-electron chi connectivity index (χ0n) is 13.9. The van der Waals surface area contributed by atoms with E-state index in [2.05, 4.69) is 10.3 Å². The molecule has 0 saturated carbocycles. The molecule has 4 nitrogen and oxygen atoms in total. The van der Waals surface area contributed by atoms with Crippen molar-refractivity contribution in [2.45, 2.75) is 39.8 Å². The van der Waals surface area contributed by atoms with Crippen molar-refractivity contribution in [1.29, 1.82) is 0 Å². The molecular weight excluding hydrogens is 308 g/mol. The summed E-state index contributed by atoms with van der Waals surface area (Å²) in [6.45, 7) is 7.87. The second-order valence-corrected chi connectivity index (χ2v) is 6.66. The highest BCUT2D eigenvalue weighted by molar-refractivity contribution is 7.09. The van der Waals surface area contributed by atoms with Gasteiger partial charge in [0.2, 0.25) is 5.91 Å². The van der Waals surface area contributed by atoms with Gasteiger partial charge in [-0.3, -0.25) is 4.79 Å². The number of hydrogen-bond donors (Lipinski definition) is 1. The minimum absolute atomic E-state index is 0.0972. The number of aryl methyl sites for hydroxylation is 1. The molecule has 1 unspecified atom stereocenters.